The van der Waals surface area contributed by atoms with Crippen molar-refractivity contribution in [1.29, 1.82) is 0 Å². The molecule has 40 heavy (non-hydrogen) atoms. The van der Waals surface area contributed by atoms with Crippen LogP contribution in [0.2, 0.25) is 0 Å². The number of carbonyl (C=O) groups is 4. The lowest BCUT2D eigenvalue weighted by atomic mass is 9.90. The monoisotopic (exact) mass is 556 g/mol. The van der Waals surface area contributed by atoms with Crippen molar-refractivity contribution < 1.29 is 45.5 Å². The van der Waals surface area contributed by atoms with Gasteiger partial charge in [-0.25, -0.2) is 0 Å². The predicted octanol–water partition coefficient (Wildman–Crippen LogP) is 6.66. The number of fused-ring (bicyclic) bond motifs is 1. The van der Waals surface area contributed by atoms with Crippen LogP contribution in [0.4, 0.5) is 26.3 Å². The van der Waals surface area contributed by atoms with Gasteiger partial charge in [-0.15, -0.1) is 0 Å². The fraction of sp³-hybridized carbons (Fsp3) is 0.133. The molecule has 0 unspecified atom stereocenters. The summed E-state index contributed by atoms with van der Waals surface area (Å²) in [5, 5.41) is 1.65. The number of ketones is 4. The summed E-state index contributed by atoms with van der Waals surface area (Å²) in [7, 11) is 0. The molecule has 0 saturated heterocycles. The summed E-state index contributed by atoms with van der Waals surface area (Å²) >= 11 is 0. The van der Waals surface area contributed by atoms with Crippen LogP contribution >= 0.6 is 0 Å². The number of hydrogen-bond acceptors (Lipinski definition) is 4. The first-order valence-electron chi connectivity index (χ1n) is 11.7. The predicted molar refractivity (Wildman–Crippen MR) is 134 cm³/mol. The molecule has 0 fully saturated rings. The zero-order valence-electron chi connectivity index (χ0n) is 20.4. The van der Waals surface area contributed by atoms with E-state index in [9.17, 15) is 45.5 Å². The van der Waals surface area contributed by atoms with Gasteiger partial charge in [-0.1, -0.05) is 84.9 Å². The molecular weight excluding hydrogens is 538 g/mol. The second-order valence-corrected chi connectivity index (χ2v) is 8.96. The van der Waals surface area contributed by atoms with Crippen LogP contribution in [0.3, 0.4) is 0 Å². The van der Waals surface area contributed by atoms with Gasteiger partial charge < -0.3 is 0 Å². The molecule has 204 valence electrons. The minimum atomic E-state index is -5.23. The molecule has 0 heterocycles. The Morgan fingerprint density at radius 1 is 0.500 bits per heavy atom. The third kappa shape index (κ3) is 6.17. The van der Waals surface area contributed by atoms with Crippen molar-refractivity contribution >= 4 is 33.9 Å². The van der Waals surface area contributed by atoms with Gasteiger partial charge in [0.05, 0.1) is 0 Å². The molecule has 10 heteroatoms. The van der Waals surface area contributed by atoms with E-state index in [0.717, 1.165) is 21.9 Å². The lowest BCUT2D eigenvalue weighted by Gasteiger charge is -2.13. The second kappa shape index (κ2) is 10.9. The number of carbonyl (C=O) groups excluding carboxylic acids is 4. The Kier molecular flexibility index (Phi) is 7.72. The average molecular weight is 556 g/mol. The molecule has 4 nitrogen and oxygen atoms in total. The third-order valence-corrected chi connectivity index (χ3v) is 6.19. The summed E-state index contributed by atoms with van der Waals surface area (Å²) in [6.45, 7) is 0. The Hall–Kier alpha value is -4.60. The smallest absolute Gasteiger partial charge is 0.290 e. The second-order valence-electron chi connectivity index (χ2n) is 8.96. The highest BCUT2D eigenvalue weighted by molar-refractivity contribution is 6.40. The number of alkyl halides is 6. The zero-order valence-corrected chi connectivity index (χ0v) is 20.4. The van der Waals surface area contributed by atoms with Crippen molar-refractivity contribution in [1.82, 2.24) is 0 Å². The van der Waals surface area contributed by atoms with Gasteiger partial charge >= 0.3 is 23.9 Å². The van der Waals surface area contributed by atoms with Crippen molar-refractivity contribution in [2.24, 2.45) is 0 Å². The van der Waals surface area contributed by atoms with Crippen LogP contribution in [-0.2, 0) is 32.0 Å². The Balaban J connectivity index is 1.64. The van der Waals surface area contributed by atoms with Gasteiger partial charge in [-0.05, 0) is 44.2 Å². The Bertz CT molecular complexity index is 1500. The van der Waals surface area contributed by atoms with E-state index in [1.165, 1.54) is 24.3 Å². The molecule has 0 spiro atoms. The van der Waals surface area contributed by atoms with E-state index in [2.05, 4.69) is 0 Å². The first-order valence-corrected chi connectivity index (χ1v) is 11.7. The fourth-order valence-electron chi connectivity index (χ4n) is 4.27. The molecule has 0 bridgehead atoms. The zero-order chi connectivity index (χ0) is 29.2. The Labute approximate surface area is 223 Å². The summed E-state index contributed by atoms with van der Waals surface area (Å²) in [4.78, 5) is 45.7. The van der Waals surface area contributed by atoms with Gasteiger partial charge in [0.1, 0.15) is 0 Å². The molecule has 0 aliphatic rings. The number of Topliss-reactive ketones (excluding diaryl/α,β-unsaturated/α-hetero) is 4. The molecule has 0 amide bonds. The van der Waals surface area contributed by atoms with E-state index < -0.39 is 48.3 Å². The number of rotatable bonds is 8. The molecule has 0 aliphatic heterocycles. The molecule has 0 N–H and O–H groups in total. The van der Waals surface area contributed by atoms with Crippen molar-refractivity contribution in [2.45, 2.75) is 25.2 Å². The van der Waals surface area contributed by atoms with Crippen molar-refractivity contribution in [2.75, 3.05) is 0 Å². The Morgan fingerprint density at radius 3 is 1.18 bits per heavy atom. The molecule has 0 aromatic heterocycles. The van der Waals surface area contributed by atoms with Crippen LogP contribution in [-0.4, -0.2) is 35.5 Å². The fourth-order valence-corrected chi connectivity index (χ4v) is 4.27. The standard InChI is InChI=1S/C30H18F6O4/c31-29(32,33)27(39)24(37)15-17-7-11-19(12-8-17)22-5-1-3-21-4-2-6-23(26(21)22)20-13-9-18(10-14-20)16-25(38)28(40)30(34,35)36/h1-14H,15-16H2. The van der Waals surface area contributed by atoms with Crippen molar-refractivity contribution in [3.63, 3.8) is 0 Å². The maximum Gasteiger partial charge on any atom is 0.458 e. The van der Waals surface area contributed by atoms with E-state index in [-0.39, 0.29) is 11.1 Å². The normalized spacial score (nSPS) is 11.8. The maximum absolute atomic E-state index is 12.5. The first kappa shape index (κ1) is 28.4. The topological polar surface area (TPSA) is 68.3 Å². The number of benzene rings is 4. The SMILES string of the molecule is O=C(Cc1ccc(-c2cccc3cccc(-c4ccc(CC(=O)C(=O)C(F)(F)F)cc4)c23)cc1)C(=O)C(F)(F)F. The summed E-state index contributed by atoms with van der Waals surface area (Å²) < 4.78 is 75.2. The van der Waals surface area contributed by atoms with Crippen LogP contribution < -0.4 is 0 Å². The summed E-state index contributed by atoms with van der Waals surface area (Å²) in [5.41, 5.74) is 3.36. The molecule has 0 saturated carbocycles. The average Bonchev–Trinajstić information content (AvgIpc) is 2.91. The largest absolute Gasteiger partial charge is 0.458 e. The lowest BCUT2D eigenvalue weighted by molar-refractivity contribution is -0.174. The van der Waals surface area contributed by atoms with Gasteiger partial charge in [0.15, 0.2) is 0 Å². The quantitative estimate of drug-likeness (QED) is 0.180. The molecule has 0 radical (unpaired) electrons. The molecule has 0 atom stereocenters. The molecule has 4 aromatic rings. The van der Waals surface area contributed by atoms with Gasteiger partial charge in [0.25, 0.3) is 0 Å². The van der Waals surface area contributed by atoms with Crippen molar-refractivity contribution in [3.8, 4) is 22.3 Å². The van der Waals surface area contributed by atoms with Gasteiger partial charge in [0.2, 0.25) is 11.6 Å². The summed E-state index contributed by atoms with van der Waals surface area (Å²) in [6.07, 6.45) is -11.8. The maximum atomic E-state index is 12.5. The van der Waals surface area contributed by atoms with Crippen LogP contribution in [0.15, 0.2) is 84.9 Å². The van der Waals surface area contributed by atoms with Crippen LogP contribution in [0.25, 0.3) is 33.0 Å². The summed E-state index contributed by atoms with van der Waals surface area (Å²) in [6, 6.07) is 23.4. The first-order chi connectivity index (χ1) is 18.8. The molecule has 4 rings (SSSR count). The molecular formula is C30H18F6O4. The number of halogens is 6. The lowest BCUT2D eigenvalue weighted by Crippen LogP contribution is -2.31. The van der Waals surface area contributed by atoms with Crippen LogP contribution in [0.1, 0.15) is 11.1 Å². The number of hydrogen-bond donors (Lipinski definition) is 0. The highest BCUT2D eigenvalue weighted by Crippen LogP contribution is 2.37. The highest BCUT2D eigenvalue weighted by Gasteiger charge is 2.43. The third-order valence-electron chi connectivity index (χ3n) is 6.19. The van der Waals surface area contributed by atoms with Crippen LogP contribution in [0, 0.1) is 0 Å². The van der Waals surface area contributed by atoms with E-state index in [0.29, 0.717) is 11.1 Å². The molecule has 0 aliphatic carbocycles. The van der Waals surface area contributed by atoms with E-state index in [4.69, 9.17) is 0 Å². The van der Waals surface area contributed by atoms with Gasteiger partial charge in [-0.2, -0.15) is 26.3 Å². The van der Waals surface area contributed by atoms with Crippen molar-refractivity contribution in [3.05, 3.63) is 96.1 Å². The van der Waals surface area contributed by atoms with Crippen LogP contribution in [0.5, 0.6) is 0 Å². The molecule has 4 aromatic carbocycles. The minimum absolute atomic E-state index is 0.237. The highest BCUT2D eigenvalue weighted by atomic mass is 19.4. The van der Waals surface area contributed by atoms with Gasteiger partial charge in [-0.3, -0.25) is 19.2 Å². The van der Waals surface area contributed by atoms with E-state index in [1.807, 2.05) is 36.4 Å². The minimum Gasteiger partial charge on any atom is -0.290 e. The van der Waals surface area contributed by atoms with Gasteiger partial charge in [0, 0.05) is 12.8 Å². The van der Waals surface area contributed by atoms with E-state index >= 15 is 0 Å². The Morgan fingerprint density at radius 2 is 0.850 bits per heavy atom. The summed E-state index contributed by atoms with van der Waals surface area (Å²) in [5.74, 6) is -7.92. The van der Waals surface area contributed by atoms with E-state index in [1.54, 1.807) is 24.3 Å².